The van der Waals surface area contributed by atoms with Crippen LogP contribution in [0.25, 0.3) is 0 Å². The second kappa shape index (κ2) is 6.53. The molecule has 0 fully saturated rings. The molecule has 1 aromatic carbocycles. The van der Waals surface area contributed by atoms with E-state index in [0.29, 0.717) is 5.02 Å². The lowest BCUT2D eigenvalue weighted by atomic mass is 10.2. The largest absolute Gasteiger partial charge is 0.433 e. The summed E-state index contributed by atoms with van der Waals surface area (Å²) in [5, 5.41) is 6.84. The van der Waals surface area contributed by atoms with Gasteiger partial charge >= 0.3 is 6.61 Å². The summed E-state index contributed by atoms with van der Waals surface area (Å²) in [6, 6.07) is 5.29. The third kappa shape index (κ3) is 3.91. The SMILES string of the molecule is CC(C(=O)Nc1ccccc1OC(F)F)n1cc(Cl)cn1. The number of alkyl halides is 2. The molecule has 0 bridgehead atoms. The number of ether oxygens (including phenoxy) is 1. The number of nitrogens with one attached hydrogen (secondary N) is 1. The zero-order valence-electron chi connectivity index (χ0n) is 11.0. The normalized spacial score (nSPS) is 12.2. The van der Waals surface area contributed by atoms with Crippen LogP contribution < -0.4 is 10.1 Å². The van der Waals surface area contributed by atoms with E-state index in [9.17, 15) is 13.6 Å². The topological polar surface area (TPSA) is 56.1 Å². The lowest BCUT2D eigenvalue weighted by Crippen LogP contribution is -2.24. The zero-order valence-corrected chi connectivity index (χ0v) is 11.7. The summed E-state index contributed by atoms with van der Waals surface area (Å²) in [5.74, 6) is -0.536. The van der Waals surface area contributed by atoms with Crippen LogP contribution in [0.1, 0.15) is 13.0 Å². The summed E-state index contributed by atoms with van der Waals surface area (Å²) < 4.78 is 30.3. The molecule has 2 aromatic rings. The fourth-order valence-corrected chi connectivity index (χ4v) is 1.80. The zero-order chi connectivity index (χ0) is 15.4. The molecule has 8 heteroatoms. The van der Waals surface area contributed by atoms with E-state index in [4.69, 9.17) is 11.6 Å². The van der Waals surface area contributed by atoms with Crippen molar-refractivity contribution in [2.75, 3.05) is 5.32 Å². The van der Waals surface area contributed by atoms with Crippen molar-refractivity contribution in [2.24, 2.45) is 0 Å². The number of amides is 1. The Labute approximate surface area is 124 Å². The van der Waals surface area contributed by atoms with Crippen LogP contribution in [0.2, 0.25) is 5.02 Å². The van der Waals surface area contributed by atoms with Gasteiger partial charge in [-0.25, -0.2) is 0 Å². The molecule has 1 aromatic heterocycles. The molecule has 0 saturated heterocycles. The van der Waals surface area contributed by atoms with Gasteiger partial charge in [-0.2, -0.15) is 13.9 Å². The van der Waals surface area contributed by atoms with Crippen molar-refractivity contribution in [3.8, 4) is 5.75 Å². The van der Waals surface area contributed by atoms with Gasteiger partial charge in [-0.05, 0) is 19.1 Å². The molecule has 1 amide bonds. The van der Waals surface area contributed by atoms with Crippen LogP contribution in [-0.2, 0) is 4.79 Å². The smallest absolute Gasteiger partial charge is 0.387 e. The van der Waals surface area contributed by atoms with Gasteiger partial charge in [0.15, 0.2) is 0 Å². The molecular weight excluding hydrogens is 304 g/mol. The van der Waals surface area contributed by atoms with Gasteiger partial charge in [0, 0.05) is 6.20 Å². The van der Waals surface area contributed by atoms with Gasteiger partial charge in [0.05, 0.1) is 16.9 Å². The van der Waals surface area contributed by atoms with Crippen molar-refractivity contribution in [1.82, 2.24) is 9.78 Å². The fraction of sp³-hybridized carbons (Fsp3) is 0.231. The van der Waals surface area contributed by atoms with Gasteiger partial charge in [-0.15, -0.1) is 0 Å². The summed E-state index contributed by atoms with van der Waals surface area (Å²) >= 11 is 5.73. The molecule has 1 N–H and O–H groups in total. The van der Waals surface area contributed by atoms with Crippen LogP contribution in [0, 0.1) is 0 Å². The lowest BCUT2D eigenvalue weighted by molar-refractivity contribution is -0.119. The minimum atomic E-state index is -2.97. The van der Waals surface area contributed by atoms with Crippen LogP contribution in [0.5, 0.6) is 5.75 Å². The van der Waals surface area contributed by atoms with Gasteiger partial charge in [0.2, 0.25) is 5.91 Å². The molecule has 2 rings (SSSR count). The molecule has 0 saturated carbocycles. The minimum absolute atomic E-state index is 0.105. The Morgan fingerprint density at radius 2 is 2.14 bits per heavy atom. The van der Waals surface area contributed by atoms with Gasteiger partial charge in [0.1, 0.15) is 11.8 Å². The highest BCUT2D eigenvalue weighted by atomic mass is 35.5. The maximum Gasteiger partial charge on any atom is 0.387 e. The number of aromatic nitrogens is 2. The Bertz CT molecular complexity index is 633. The van der Waals surface area contributed by atoms with Crippen LogP contribution in [-0.4, -0.2) is 22.3 Å². The molecule has 0 aliphatic heterocycles. The Morgan fingerprint density at radius 3 is 2.76 bits per heavy atom. The third-order valence-electron chi connectivity index (χ3n) is 2.71. The van der Waals surface area contributed by atoms with Crippen molar-refractivity contribution < 1.29 is 18.3 Å². The molecule has 1 heterocycles. The molecule has 1 atom stereocenters. The second-order valence-electron chi connectivity index (χ2n) is 4.18. The van der Waals surface area contributed by atoms with Crippen molar-refractivity contribution in [2.45, 2.75) is 19.6 Å². The standard InChI is InChI=1S/C13H12ClF2N3O2/c1-8(19-7-9(14)6-17-19)12(20)18-10-4-2-3-5-11(10)21-13(15)16/h2-8,13H,1H3,(H,18,20). The Balaban J connectivity index is 2.12. The van der Waals surface area contributed by atoms with E-state index in [1.165, 1.54) is 35.3 Å². The van der Waals surface area contributed by atoms with Crippen molar-refractivity contribution in [1.29, 1.82) is 0 Å². The summed E-state index contributed by atoms with van der Waals surface area (Å²) in [4.78, 5) is 12.1. The quantitative estimate of drug-likeness (QED) is 0.920. The predicted octanol–water partition coefficient (Wildman–Crippen LogP) is 3.34. The van der Waals surface area contributed by atoms with E-state index in [2.05, 4.69) is 15.2 Å². The van der Waals surface area contributed by atoms with Gasteiger partial charge < -0.3 is 10.1 Å². The summed E-state index contributed by atoms with van der Waals surface area (Å²) in [6.45, 7) is -1.36. The molecule has 0 radical (unpaired) electrons. The minimum Gasteiger partial charge on any atom is -0.433 e. The van der Waals surface area contributed by atoms with Crippen LogP contribution in [0.15, 0.2) is 36.7 Å². The van der Waals surface area contributed by atoms with Gasteiger partial charge in [0.25, 0.3) is 0 Å². The monoisotopic (exact) mass is 315 g/mol. The van der Waals surface area contributed by atoms with E-state index in [-0.39, 0.29) is 11.4 Å². The number of carbonyl (C=O) groups excluding carboxylic acids is 1. The molecule has 5 nitrogen and oxygen atoms in total. The van der Waals surface area contributed by atoms with Crippen molar-refractivity contribution in [3.05, 3.63) is 41.7 Å². The first-order valence-corrected chi connectivity index (χ1v) is 6.39. The highest BCUT2D eigenvalue weighted by molar-refractivity contribution is 6.30. The summed E-state index contributed by atoms with van der Waals surface area (Å²) in [5.41, 5.74) is 0.160. The Morgan fingerprint density at radius 1 is 1.43 bits per heavy atom. The van der Waals surface area contributed by atoms with E-state index in [0.717, 1.165) is 0 Å². The first-order chi connectivity index (χ1) is 9.97. The van der Waals surface area contributed by atoms with Crippen LogP contribution in [0.3, 0.4) is 0 Å². The number of para-hydroxylation sites is 2. The van der Waals surface area contributed by atoms with E-state index in [1.54, 1.807) is 13.0 Å². The predicted molar refractivity (Wildman–Crippen MR) is 73.7 cm³/mol. The highest BCUT2D eigenvalue weighted by Gasteiger charge is 2.18. The number of benzene rings is 1. The maximum absolute atomic E-state index is 12.3. The maximum atomic E-state index is 12.3. The number of halogens is 3. The van der Waals surface area contributed by atoms with Crippen molar-refractivity contribution >= 4 is 23.2 Å². The Hall–Kier alpha value is -2.15. The molecule has 0 spiro atoms. The van der Waals surface area contributed by atoms with E-state index in [1.807, 2.05) is 0 Å². The molecule has 21 heavy (non-hydrogen) atoms. The molecule has 0 aliphatic rings. The first kappa shape index (κ1) is 15.2. The Kier molecular flexibility index (Phi) is 4.74. The average molecular weight is 316 g/mol. The molecule has 112 valence electrons. The van der Waals surface area contributed by atoms with Crippen molar-refractivity contribution in [3.63, 3.8) is 0 Å². The molecular formula is C13H12ClF2N3O2. The first-order valence-electron chi connectivity index (χ1n) is 6.01. The van der Waals surface area contributed by atoms with Gasteiger partial charge in [-0.3, -0.25) is 9.48 Å². The third-order valence-corrected chi connectivity index (χ3v) is 2.90. The second-order valence-corrected chi connectivity index (χ2v) is 4.61. The number of anilines is 1. The fourth-order valence-electron chi connectivity index (χ4n) is 1.65. The summed E-state index contributed by atoms with van der Waals surface area (Å²) in [7, 11) is 0. The molecule has 0 aliphatic carbocycles. The number of hydrogen-bond acceptors (Lipinski definition) is 3. The van der Waals surface area contributed by atoms with E-state index >= 15 is 0 Å². The van der Waals surface area contributed by atoms with E-state index < -0.39 is 18.6 Å². The lowest BCUT2D eigenvalue weighted by Gasteiger charge is -2.15. The van der Waals surface area contributed by atoms with Gasteiger partial charge in [-0.1, -0.05) is 23.7 Å². The average Bonchev–Trinajstić information content (AvgIpc) is 2.86. The van der Waals surface area contributed by atoms with Crippen LogP contribution in [0.4, 0.5) is 14.5 Å². The highest BCUT2D eigenvalue weighted by Crippen LogP contribution is 2.26. The summed E-state index contributed by atoms with van der Waals surface area (Å²) in [6.07, 6.45) is 2.90. The number of hydrogen-bond donors (Lipinski definition) is 1. The number of nitrogens with zero attached hydrogens (tertiary/aromatic N) is 2. The number of rotatable bonds is 5. The number of carbonyl (C=O) groups is 1. The van der Waals surface area contributed by atoms with Crippen LogP contribution >= 0.6 is 11.6 Å². The molecule has 1 unspecified atom stereocenters.